The molecule has 1 aromatic heterocycles. The van der Waals surface area contributed by atoms with E-state index in [4.69, 9.17) is 15.2 Å². The molecule has 0 fully saturated rings. The Morgan fingerprint density at radius 2 is 2.08 bits per heavy atom. The molecule has 0 aliphatic rings. The number of aromatic nitrogens is 2. The maximum atomic E-state index is 9.51. The predicted octanol–water partition coefficient (Wildman–Crippen LogP) is 2.84. The molecule has 1 aromatic carbocycles. The van der Waals surface area contributed by atoms with Gasteiger partial charge < -0.3 is 25.6 Å². The molecular formula is C19H28N4O3. The van der Waals surface area contributed by atoms with Crippen LogP contribution in [0.3, 0.4) is 0 Å². The SMILES string of the molecule is CCC[C@@H](CO)Nc1nc(N)ncc1OCc1ccc(C)c(OC)c1C. The van der Waals surface area contributed by atoms with Gasteiger partial charge in [0.2, 0.25) is 5.95 Å². The number of nitrogens with zero attached hydrogens (tertiary/aromatic N) is 2. The van der Waals surface area contributed by atoms with Gasteiger partial charge in [-0.25, -0.2) is 4.98 Å². The van der Waals surface area contributed by atoms with E-state index in [2.05, 4.69) is 22.2 Å². The predicted molar refractivity (Wildman–Crippen MR) is 103 cm³/mol. The molecule has 0 aliphatic carbocycles. The molecule has 0 saturated heterocycles. The van der Waals surface area contributed by atoms with Crippen LogP contribution in [0, 0.1) is 13.8 Å². The second-order valence-electron chi connectivity index (χ2n) is 6.24. The van der Waals surface area contributed by atoms with Crippen LogP contribution in [0.1, 0.15) is 36.5 Å². The lowest BCUT2D eigenvalue weighted by Crippen LogP contribution is -2.24. The summed E-state index contributed by atoms with van der Waals surface area (Å²) in [5.74, 6) is 2.00. The number of benzene rings is 1. The van der Waals surface area contributed by atoms with E-state index in [-0.39, 0.29) is 18.6 Å². The number of hydrogen-bond donors (Lipinski definition) is 3. The first-order valence-corrected chi connectivity index (χ1v) is 8.75. The van der Waals surface area contributed by atoms with Crippen LogP contribution in [-0.2, 0) is 6.61 Å². The lowest BCUT2D eigenvalue weighted by atomic mass is 10.0. The largest absolute Gasteiger partial charge is 0.496 e. The monoisotopic (exact) mass is 360 g/mol. The van der Waals surface area contributed by atoms with Crippen molar-refractivity contribution >= 4 is 11.8 Å². The van der Waals surface area contributed by atoms with Crippen molar-refractivity contribution in [2.24, 2.45) is 0 Å². The van der Waals surface area contributed by atoms with Crippen molar-refractivity contribution in [1.29, 1.82) is 0 Å². The Balaban J connectivity index is 2.19. The Morgan fingerprint density at radius 3 is 2.73 bits per heavy atom. The molecule has 0 radical (unpaired) electrons. The molecule has 0 unspecified atom stereocenters. The normalized spacial score (nSPS) is 11.9. The lowest BCUT2D eigenvalue weighted by Gasteiger charge is -2.19. The molecule has 2 aromatic rings. The summed E-state index contributed by atoms with van der Waals surface area (Å²) < 4.78 is 11.4. The van der Waals surface area contributed by atoms with E-state index in [9.17, 15) is 5.11 Å². The first kappa shape index (κ1) is 19.8. The zero-order chi connectivity index (χ0) is 19.1. The van der Waals surface area contributed by atoms with Gasteiger partial charge in [0.25, 0.3) is 0 Å². The van der Waals surface area contributed by atoms with E-state index in [1.165, 1.54) is 0 Å². The Morgan fingerprint density at radius 1 is 1.31 bits per heavy atom. The zero-order valence-electron chi connectivity index (χ0n) is 15.9. The summed E-state index contributed by atoms with van der Waals surface area (Å²) in [6, 6.07) is 3.91. The third-order valence-electron chi connectivity index (χ3n) is 4.27. The molecular weight excluding hydrogens is 332 g/mol. The van der Waals surface area contributed by atoms with Crippen LogP contribution >= 0.6 is 0 Å². The minimum Gasteiger partial charge on any atom is -0.496 e. The summed E-state index contributed by atoms with van der Waals surface area (Å²) in [6.45, 7) is 6.43. The number of aliphatic hydroxyl groups excluding tert-OH is 1. The van der Waals surface area contributed by atoms with Crippen molar-refractivity contribution in [3.8, 4) is 11.5 Å². The van der Waals surface area contributed by atoms with Gasteiger partial charge in [0.15, 0.2) is 11.6 Å². The Kier molecular flexibility index (Phi) is 7.03. The molecule has 0 amide bonds. The van der Waals surface area contributed by atoms with E-state index < -0.39 is 0 Å². The maximum Gasteiger partial charge on any atom is 0.222 e. The quantitative estimate of drug-likeness (QED) is 0.632. The Hall–Kier alpha value is -2.54. The standard InChI is InChI=1S/C19H28N4O3/c1-5-6-15(10-24)22-18-16(9-21-19(20)23-18)26-11-14-8-7-12(2)17(25-4)13(14)3/h7-9,15,24H,5-6,10-11H2,1-4H3,(H3,20,21,22,23)/t15-/m0/s1. The van der Waals surface area contributed by atoms with Gasteiger partial charge in [0, 0.05) is 0 Å². The summed E-state index contributed by atoms with van der Waals surface area (Å²) in [5.41, 5.74) is 8.84. The van der Waals surface area contributed by atoms with Crippen molar-refractivity contribution in [1.82, 2.24) is 9.97 Å². The van der Waals surface area contributed by atoms with Crippen molar-refractivity contribution in [3.63, 3.8) is 0 Å². The average molecular weight is 360 g/mol. The van der Waals surface area contributed by atoms with Gasteiger partial charge in [0.1, 0.15) is 12.4 Å². The molecule has 0 bridgehead atoms. The number of aryl methyl sites for hydroxylation is 1. The molecule has 0 aliphatic heterocycles. The van der Waals surface area contributed by atoms with Crippen LogP contribution in [0.15, 0.2) is 18.3 Å². The second kappa shape index (κ2) is 9.24. The van der Waals surface area contributed by atoms with E-state index in [1.807, 2.05) is 26.0 Å². The second-order valence-corrected chi connectivity index (χ2v) is 6.24. The lowest BCUT2D eigenvalue weighted by molar-refractivity contribution is 0.266. The van der Waals surface area contributed by atoms with Crippen LogP contribution in [0.25, 0.3) is 0 Å². The number of anilines is 2. The van der Waals surface area contributed by atoms with Crippen molar-refractivity contribution in [2.45, 2.75) is 46.3 Å². The number of nitrogens with two attached hydrogens (primary N) is 1. The van der Waals surface area contributed by atoms with Crippen molar-refractivity contribution in [3.05, 3.63) is 35.0 Å². The van der Waals surface area contributed by atoms with Crippen LogP contribution in [0.5, 0.6) is 11.5 Å². The molecule has 7 heteroatoms. The fourth-order valence-corrected chi connectivity index (χ4v) is 2.84. The van der Waals surface area contributed by atoms with Gasteiger partial charge in [-0.05, 0) is 37.0 Å². The highest BCUT2D eigenvalue weighted by Gasteiger charge is 2.14. The number of hydrogen-bond acceptors (Lipinski definition) is 7. The van der Waals surface area contributed by atoms with E-state index in [1.54, 1.807) is 13.3 Å². The summed E-state index contributed by atoms with van der Waals surface area (Å²) in [7, 11) is 1.67. The molecule has 142 valence electrons. The van der Waals surface area contributed by atoms with E-state index in [0.29, 0.717) is 18.2 Å². The molecule has 26 heavy (non-hydrogen) atoms. The van der Waals surface area contributed by atoms with E-state index >= 15 is 0 Å². The molecule has 0 spiro atoms. The number of rotatable bonds is 9. The molecule has 1 heterocycles. The Bertz CT molecular complexity index is 737. The van der Waals surface area contributed by atoms with E-state index in [0.717, 1.165) is 35.3 Å². The van der Waals surface area contributed by atoms with Crippen molar-refractivity contribution < 1.29 is 14.6 Å². The van der Waals surface area contributed by atoms with Crippen LogP contribution < -0.4 is 20.5 Å². The zero-order valence-corrected chi connectivity index (χ0v) is 15.9. The summed E-state index contributed by atoms with van der Waals surface area (Å²) in [5, 5.41) is 12.7. The van der Waals surface area contributed by atoms with Crippen LogP contribution in [0.2, 0.25) is 0 Å². The number of ether oxygens (including phenoxy) is 2. The van der Waals surface area contributed by atoms with Crippen LogP contribution in [-0.4, -0.2) is 34.8 Å². The summed E-state index contributed by atoms with van der Waals surface area (Å²) in [4.78, 5) is 8.24. The first-order chi connectivity index (χ1) is 12.5. The fraction of sp³-hybridized carbons (Fsp3) is 0.474. The summed E-state index contributed by atoms with van der Waals surface area (Å²) in [6.07, 6.45) is 3.30. The van der Waals surface area contributed by atoms with Gasteiger partial charge in [-0.2, -0.15) is 4.98 Å². The molecule has 7 nitrogen and oxygen atoms in total. The minimum absolute atomic E-state index is 0.00541. The van der Waals surface area contributed by atoms with Gasteiger partial charge >= 0.3 is 0 Å². The average Bonchev–Trinajstić information content (AvgIpc) is 2.62. The maximum absolute atomic E-state index is 9.51. The highest BCUT2D eigenvalue weighted by Crippen LogP contribution is 2.28. The van der Waals surface area contributed by atoms with Gasteiger partial charge in [0.05, 0.1) is 26.0 Å². The Labute approximate surface area is 154 Å². The fourth-order valence-electron chi connectivity index (χ4n) is 2.84. The number of methoxy groups -OCH3 is 1. The number of nitrogen functional groups attached to an aromatic ring is 1. The van der Waals surface area contributed by atoms with Gasteiger partial charge in [-0.1, -0.05) is 25.5 Å². The smallest absolute Gasteiger partial charge is 0.222 e. The topological polar surface area (TPSA) is 103 Å². The minimum atomic E-state index is -0.113. The van der Waals surface area contributed by atoms with Crippen molar-refractivity contribution in [2.75, 3.05) is 24.8 Å². The first-order valence-electron chi connectivity index (χ1n) is 8.75. The van der Waals surface area contributed by atoms with Crippen LogP contribution in [0.4, 0.5) is 11.8 Å². The molecule has 0 saturated carbocycles. The number of aliphatic hydroxyl groups is 1. The third kappa shape index (κ3) is 4.76. The number of nitrogens with one attached hydrogen (secondary N) is 1. The highest BCUT2D eigenvalue weighted by molar-refractivity contribution is 5.52. The third-order valence-corrected chi connectivity index (χ3v) is 4.27. The van der Waals surface area contributed by atoms with Gasteiger partial charge in [-0.3, -0.25) is 0 Å². The summed E-state index contributed by atoms with van der Waals surface area (Å²) >= 11 is 0. The molecule has 2 rings (SSSR count). The highest BCUT2D eigenvalue weighted by atomic mass is 16.5. The van der Waals surface area contributed by atoms with Gasteiger partial charge in [-0.15, -0.1) is 0 Å². The molecule has 4 N–H and O–H groups in total. The molecule has 1 atom stereocenters.